The highest BCUT2D eigenvalue weighted by Gasteiger charge is 2.30. The number of ether oxygens (including phenoxy) is 2. The molecule has 0 unspecified atom stereocenters. The molecule has 6 heteroatoms. The van der Waals surface area contributed by atoms with Crippen LogP contribution in [0.1, 0.15) is 24.3 Å². The molecule has 5 nitrogen and oxygen atoms in total. The van der Waals surface area contributed by atoms with E-state index in [0.29, 0.717) is 27.8 Å². The minimum Gasteiger partial charge on any atom is -0.495 e. The van der Waals surface area contributed by atoms with E-state index in [1.807, 2.05) is 12.1 Å². The molecule has 0 fully saturated rings. The molecular formula is C18H16ClNO4. The molecule has 0 aromatic heterocycles. The number of rotatable bonds is 4. The van der Waals surface area contributed by atoms with Crippen molar-refractivity contribution in [3.05, 3.63) is 53.1 Å². The predicted octanol–water partition coefficient (Wildman–Crippen LogP) is 3.77. The Morgan fingerprint density at radius 3 is 2.88 bits per heavy atom. The summed E-state index contributed by atoms with van der Waals surface area (Å²) in [7, 11) is 1.54. The maximum Gasteiger partial charge on any atom is 0.311 e. The standard InChI is InChI=1S/C18H16ClNO4/c1-23-14-7-3-2-6-13(14)20-16(21)9-11-10-17(22)24-15-8-4-5-12(19)18(11)15/h2-8,11H,9-10H2,1H3,(H,20,21)/t11-/m1/s1. The van der Waals surface area contributed by atoms with E-state index >= 15 is 0 Å². The number of halogens is 1. The molecule has 1 heterocycles. The van der Waals surface area contributed by atoms with Crippen molar-refractivity contribution >= 4 is 29.2 Å². The van der Waals surface area contributed by atoms with Crippen LogP contribution in [-0.4, -0.2) is 19.0 Å². The number of nitrogens with one attached hydrogen (secondary N) is 1. The lowest BCUT2D eigenvalue weighted by Crippen LogP contribution is -2.24. The largest absolute Gasteiger partial charge is 0.495 e. The molecule has 1 aliphatic rings. The highest BCUT2D eigenvalue weighted by Crippen LogP contribution is 2.41. The van der Waals surface area contributed by atoms with Gasteiger partial charge in [0.05, 0.1) is 19.2 Å². The molecular weight excluding hydrogens is 330 g/mol. The average molecular weight is 346 g/mol. The number of hydrogen-bond donors (Lipinski definition) is 1. The fourth-order valence-electron chi connectivity index (χ4n) is 2.82. The Bertz CT molecular complexity index is 790. The number of para-hydroxylation sites is 2. The van der Waals surface area contributed by atoms with Gasteiger partial charge in [-0.3, -0.25) is 9.59 Å². The number of fused-ring (bicyclic) bond motifs is 1. The van der Waals surface area contributed by atoms with Crippen LogP contribution in [0.15, 0.2) is 42.5 Å². The molecule has 1 amide bonds. The second-order valence-electron chi connectivity index (χ2n) is 5.48. The number of hydrogen-bond acceptors (Lipinski definition) is 4. The number of amides is 1. The van der Waals surface area contributed by atoms with Gasteiger partial charge in [-0.15, -0.1) is 0 Å². The lowest BCUT2D eigenvalue weighted by molar-refractivity contribution is -0.136. The third-order valence-corrected chi connectivity index (χ3v) is 4.20. The summed E-state index contributed by atoms with van der Waals surface area (Å²) in [5.74, 6) is 0.107. The number of benzene rings is 2. The third-order valence-electron chi connectivity index (χ3n) is 3.87. The van der Waals surface area contributed by atoms with E-state index in [2.05, 4.69) is 5.32 Å². The second kappa shape index (κ2) is 6.93. The first-order valence-corrected chi connectivity index (χ1v) is 7.88. The Morgan fingerprint density at radius 1 is 1.29 bits per heavy atom. The Kier molecular flexibility index (Phi) is 4.71. The molecule has 0 radical (unpaired) electrons. The zero-order valence-corrected chi connectivity index (χ0v) is 13.8. The lowest BCUT2D eigenvalue weighted by atomic mass is 9.89. The molecule has 1 atom stereocenters. The second-order valence-corrected chi connectivity index (χ2v) is 5.89. The topological polar surface area (TPSA) is 64.6 Å². The number of carbonyl (C=O) groups excluding carboxylic acids is 2. The maximum absolute atomic E-state index is 12.4. The zero-order valence-electron chi connectivity index (χ0n) is 13.0. The van der Waals surface area contributed by atoms with E-state index in [1.54, 1.807) is 30.3 Å². The summed E-state index contributed by atoms with van der Waals surface area (Å²) < 4.78 is 10.4. The molecule has 124 valence electrons. The van der Waals surface area contributed by atoms with Crippen LogP contribution in [0.5, 0.6) is 11.5 Å². The molecule has 2 aromatic rings. The van der Waals surface area contributed by atoms with Crippen molar-refractivity contribution in [1.29, 1.82) is 0 Å². The summed E-state index contributed by atoms with van der Waals surface area (Å²) in [5.41, 5.74) is 1.29. The van der Waals surface area contributed by atoms with Gasteiger partial charge in [0.25, 0.3) is 0 Å². The predicted molar refractivity (Wildman–Crippen MR) is 90.7 cm³/mol. The van der Waals surface area contributed by atoms with Crippen molar-refractivity contribution in [1.82, 2.24) is 0 Å². The van der Waals surface area contributed by atoms with Gasteiger partial charge >= 0.3 is 5.97 Å². The molecule has 0 bridgehead atoms. The van der Waals surface area contributed by atoms with Crippen LogP contribution >= 0.6 is 11.6 Å². The van der Waals surface area contributed by atoms with Crippen LogP contribution in [0.25, 0.3) is 0 Å². The number of methoxy groups -OCH3 is 1. The fourth-order valence-corrected chi connectivity index (χ4v) is 3.14. The van der Waals surface area contributed by atoms with Crippen molar-refractivity contribution in [2.24, 2.45) is 0 Å². The molecule has 2 aromatic carbocycles. The third kappa shape index (κ3) is 3.36. The van der Waals surface area contributed by atoms with E-state index < -0.39 is 0 Å². The van der Waals surface area contributed by atoms with Gasteiger partial charge in [-0.2, -0.15) is 0 Å². The van der Waals surface area contributed by atoms with Crippen molar-refractivity contribution in [3.63, 3.8) is 0 Å². The number of esters is 1. The molecule has 3 rings (SSSR count). The van der Waals surface area contributed by atoms with E-state index in [-0.39, 0.29) is 30.6 Å². The highest BCUT2D eigenvalue weighted by molar-refractivity contribution is 6.31. The Morgan fingerprint density at radius 2 is 2.08 bits per heavy atom. The summed E-state index contributed by atoms with van der Waals surface area (Å²) in [6.45, 7) is 0. The summed E-state index contributed by atoms with van der Waals surface area (Å²) in [5, 5.41) is 3.31. The van der Waals surface area contributed by atoms with Crippen molar-refractivity contribution < 1.29 is 19.1 Å². The monoisotopic (exact) mass is 345 g/mol. The molecule has 24 heavy (non-hydrogen) atoms. The zero-order chi connectivity index (χ0) is 17.1. The molecule has 1 N–H and O–H groups in total. The van der Waals surface area contributed by atoms with E-state index in [9.17, 15) is 9.59 Å². The molecule has 1 aliphatic heterocycles. The minimum atomic E-state index is -0.361. The summed E-state index contributed by atoms with van der Waals surface area (Å²) in [4.78, 5) is 24.2. The number of anilines is 1. The Labute approximate surface area is 144 Å². The maximum atomic E-state index is 12.4. The van der Waals surface area contributed by atoms with E-state index in [0.717, 1.165) is 0 Å². The first-order valence-electron chi connectivity index (χ1n) is 7.50. The first-order chi connectivity index (χ1) is 11.6. The van der Waals surface area contributed by atoms with Crippen molar-refractivity contribution in [2.75, 3.05) is 12.4 Å². The molecule has 0 saturated carbocycles. The van der Waals surface area contributed by atoms with Crippen LogP contribution in [-0.2, 0) is 9.59 Å². The van der Waals surface area contributed by atoms with Gasteiger partial charge < -0.3 is 14.8 Å². The smallest absolute Gasteiger partial charge is 0.311 e. The van der Waals surface area contributed by atoms with E-state index in [4.69, 9.17) is 21.1 Å². The summed E-state index contributed by atoms with van der Waals surface area (Å²) in [6, 6.07) is 12.3. The average Bonchev–Trinajstić information content (AvgIpc) is 2.54. The quantitative estimate of drug-likeness (QED) is 0.676. The SMILES string of the molecule is COc1ccccc1NC(=O)C[C@@H]1CC(=O)Oc2cccc(Cl)c21. The van der Waals surface area contributed by atoms with Gasteiger partial charge in [-0.25, -0.2) is 0 Å². The van der Waals surface area contributed by atoms with Gasteiger partial charge in [-0.1, -0.05) is 29.8 Å². The minimum absolute atomic E-state index is 0.121. The van der Waals surface area contributed by atoms with Gasteiger partial charge in [0.1, 0.15) is 11.5 Å². The van der Waals surface area contributed by atoms with Gasteiger partial charge in [0, 0.05) is 22.9 Å². The van der Waals surface area contributed by atoms with Gasteiger partial charge in [-0.05, 0) is 24.3 Å². The van der Waals surface area contributed by atoms with Crippen LogP contribution in [0.2, 0.25) is 5.02 Å². The van der Waals surface area contributed by atoms with Crippen LogP contribution < -0.4 is 14.8 Å². The first kappa shape index (κ1) is 16.3. The van der Waals surface area contributed by atoms with Gasteiger partial charge in [0.2, 0.25) is 5.91 Å². The number of carbonyl (C=O) groups is 2. The normalized spacial score (nSPS) is 16.1. The Balaban J connectivity index is 1.79. The highest BCUT2D eigenvalue weighted by atomic mass is 35.5. The van der Waals surface area contributed by atoms with Crippen LogP contribution in [0, 0.1) is 0 Å². The van der Waals surface area contributed by atoms with Crippen LogP contribution in [0.4, 0.5) is 5.69 Å². The summed E-state index contributed by atoms with van der Waals surface area (Å²) >= 11 is 6.23. The summed E-state index contributed by atoms with van der Waals surface area (Å²) in [6.07, 6.45) is 0.250. The molecule has 0 aliphatic carbocycles. The molecule has 0 spiro atoms. The van der Waals surface area contributed by atoms with E-state index in [1.165, 1.54) is 7.11 Å². The molecule has 0 saturated heterocycles. The van der Waals surface area contributed by atoms with Crippen LogP contribution in [0.3, 0.4) is 0 Å². The van der Waals surface area contributed by atoms with Crippen molar-refractivity contribution in [2.45, 2.75) is 18.8 Å². The fraction of sp³-hybridized carbons (Fsp3) is 0.222. The van der Waals surface area contributed by atoms with Gasteiger partial charge in [0.15, 0.2) is 0 Å². The van der Waals surface area contributed by atoms with Crippen molar-refractivity contribution in [3.8, 4) is 11.5 Å². The lowest BCUT2D eigenvalue weighted by Gasteiger charge is -2.25. The Hall–Kier alpha value is -2.53.